The Hall–Kier alpha value is -1.40. The van der Waals surface area contributed by atoms with Gasteiger partial charge in [-0.05, 0) is 36.8 Å². The summed E-state index contributed by atoms with van der Waals surface area (Å²) >= 11 is 1.43. The number of hydrogen-bond acceptors (Lipinski definition) is 4. The van der Waals surface area contributed by atoms with Crippen molar-refractivity contribution in [2.75, 3.05) is 6.61 Å². The molecule has 2 atom stereocenters. The number of nitrogens with one attached hydrogen (secondary N) is 1. The van der Waals surface area contributed by atoms with Crippen molar-refractivity contribution in [2.45, 2.75) is 38.6 Å². The Morgan fingerprint density at radius 3 is 2.90 bits per heavy atom. The summed E-state index contributed by atoms with van der Waals surface area (Å²) in [5.74, 6) is -0.968. The van der Waals surface area contributed by atoms with Gasteiger partial charge in [0, 0.05) is 4.88 Å². The number of carbonyl (C=O) groups excluding carboxylic acids is 1. The van der Waals surface area contributed by atoms with Gasteiger partial charge in [0.25, 0.3) is 5.91 Å². The first kappa shape index (κ1) is 15.0. The van der Waals surface area contributed by atoms with Crippen LogP contribution >= 0.6 is 11.3 Å². The van der Waals surface area contributed by atoms with Crippen molar-refractivity contribution in [1.82, 2.24) is 5.32 Å². The molecule has 1 aromatic rings. The maximum absolute atomic E-state index is 12.0. The van der Waals surface area contributed by atoms with Gasteiger partial charge in [-0.3, -0.25) is 4.79 Å². The van der Waals surface area contributed by atoms with E-state index in [1.165, 1.54) is 21.8 Å². The van der Waals surface area contributed by atoms with E-state index in [0.29, 0.717) is 10.8 Å². The van der Waals surface area contributed by atoms with E-state index in [-0.39, 0.29) is 0 Å². The third-order valence-electron chi connectivity index (χ3n) is 3.77. The van der Waals surface area contributed by atoms with Crippen LogP contribution in [0, 0.1) is 5.92 Å². The van der Waals surface area contributed by atoms with Gasteiger partial charge in [0.15, 0.2) is 6.04 Å². The third-order valence-corrected chi connectivity index (χ3v) is 5.01. The van der Waals surface area contributed by atoms with Gasteiger partial charge >= 0.3 is 5.97 Å². The zero-order valence-electron chi connectivity index (χ0n) is 11.4. The highest BCUT2D eigenvalue weighted by molar-refractivity contribution is 7.14. The first-order valence-electron chi connectivity index (χ1n) is 6.81. The molecule has 1 amide bonds. The van der Waals surface area contributed by atoms with Gasteiger partial charge < -0.3 is 15.5 Å². The highest BCUT2D eigenvalue weighted by Gasteiger charge is 2.24. The van der Waals surface area contributed by atoms with E-state index >= 15 is 0 Å². The number of aliphatic hydroxyl groups excluding tert-OH is 1. The van der Waals surface area contributed by atoms with Gasteiger partial charge in [0.2, 0.25) is 0 Å². The van der Waals surface area contributed by atoms with Gasteiger partial charge in [-0.15, -0.1) is 11.3 Å². The molecule has 1 unspecified atom stereocenters. The molecule has 6 heteroatoms. The van der Waals surface area contributed by atoms with E-state index in [0.717, 1.165) is 25.7 Å². The molecule has 0 saturated heterocycles. The molecule has 3 N–H and O–H groups in total. The highest BCUT2D eigenvalue weighted by atomic mass is 32.1. The van der Waals surface area contributed by atoms with Crippen molar-refractivity contribution >= 4 is 23.2 Å². The lowest BCUT2D eigenvalue weighted by atomic mass is 9.87. The SMILES string of the molecule is CCC1CCc2sc(C(=O)N[C@H](CO)C(=O)O)cc2C1. The summed E-state index contributed by atoms with van der Waals surface area (Å²) in [4.78, 5) is 24.6. The molecule has 1 aliphatic carbocycles. The molecule has 1 aromatic heterocycles. The van der Waals surface area contributed by atoms with E-state index in [9.17, 15) is 9.59 Å². The van der Waals surface area contributed by atoms with Crippen molar-refractivity contribution in [3.63, 3.8) is 0 Å². The van der Waals surface area contributed by atoms with Gasteiger partial charge in [-0.1, -0.05) is 13.3 Å². The lowest BCUT2D eigenvalue weighted by Gasteiger charge is -2.19. The van der Waals surface area contributed by atoms with Gasteiger partial charge in [0.05, 0.1) is 11.5 Å². The van der Waals surface area contributed by atoms with Gasteiger partial charge in [-0.25, -0.2) is 4.79 Å². The van der Waals surface area contributed by atoms with Crippen molar-refractivity contribution in [1.29, 1.82) is 0 Å². The summed E-state index contributed by atoms with van der Waals surface area (Å²) in [5, 5.41) is 20.1. The van der Waals surface area contributed by atoms with Crippen LogP contribution < -0.4 is 5.32 Å². The van der Waals surface area contributed by atoms with Crippen LogP contribution in [0.2, 0.25) is 0 Å². The molecule has 110 valence electrons. The van der Waals surface area contributed by atoms with Crippen LogP contribution in [0.25, 0.3) is 0 Å². The van der Waals surface area contributed by atoms with Crippen molar-refractivity contribution in [2.24, 2.45) is 5.92 Å². The molecule has 0 saturated carbocycles. The Kier molecular flexibility index (Phi) is 4.77. The fraction of sp³-hybridized carbons (Fsp3) is 0.571. The number of carboxylic acid groups (broad SMARTS) is 1. The number of aliphatic carboxylic acids is 1. The summed E-state index contributed by atoms with van der Waals surface area (Å²) in [7, 11) is 0. The van der Waals surface area contributed by atoms with Crippen molar-refractivity contribution in [3.8, 4) is 0 Å². The lowest BCUT2D eigenvalue weighted by molar-refractivity contribution is -0.140. The molecular weight excluding hydrogens is 278 g/mol. The standard InChI is InChI=1S/C14H19NO4S/c1-2-8-3-4-11-9(5-8)6-12(20-11)13(17)15-10(7-16)14(18)19/h6,8,10,16H,2-5,7H2,1H3,(H,15,17)(H,18,19)/t8?,10-/m1/s1. The Morgan fingerprint density at radius 2 is 2.30 bits per heavy atom. The fourth-order valence-corrected chi connectivity index (χ4v) is 3.59. The maximum atomic E-state index is 12.0. The fourth-order valence-electron chi connectivity index (χ4n) is 2.47. The Labute approximate surface area is 121 Å². The molecule has 0 aromatic carbocycles. The summed E-state index contributed by atoms with van der Waals surface area (Å²) in [6.07, 6.45) is 4.29. The molecule has 0 fully saturated rings. The molecular formula is C14H19NO4S. The van der Waals surface area contributed by atoms with Crippen molar-refractivity contribution < 1.29 is 19.8 Å². The predicted molar refractivity (Wildman–Crippen MR) is 76.1 cm³/mol. The van der Waals surface area contributed by atoms with E-state index in [1.54, 1.807) is 0 Å². The molecule has 1 heterocycles. The second kappa shape index (κ2) is 6.37. The number of carbonyl (C=O) groups is 2. The average Bonchev–Trinajstić information content (AvgIpc) is 2.86. The van der Waals surface area contributed by atoms with E-state index in [4.69, 9.17) is 10.2 Å². The smallest absolute Gasteiger partial charge is 0.328 e. The van der Waals surface area contributed by atoms with Crippen molar-refractivity contribution in [3.05, 3.63) is 21.4 Å². The number of fused-ring (bicyclic) bond motifs is 1. The van der Waals surface area contributed by atoms with Crippen LogP contribution in [0.3, 0.4) is 0 Å². The molecule has 0 aliphatic heterocycles. The van der Waals surface area contributed by atoms with E-state index in [1.807, 2.05) is 6.07 Å². The molecule has 2 rings (SSSR count). The molecule has 0 radical (unpaired) electrons. The average molecular weight is 297 g/mol. The minimum Gasteiger partial charge on any atom is -0.480 e. The Morgan fingerprint density at radius 1 is 1.55 bits per heavy atom. The lowest BCUT2D eigenvalue weighted by Crippen LogP contribution is -2.43. The number of thiophene rings is 1. The molecule has 0 spiro atoms. The second-order valence-corrected chi connectivity index (χ2v) is 6.26. The number of hydrogen-bond donors (Lipinski definition) is 3. The van der Waals surface area contributed by atoms with Crippen LogP contribution in [0.4, 0.5) is 0 Å². The van der Waals surface area contributed by atoms with Crippen LogP contribution in [0.15, 0.2) is 6.07 Å². The number of carboxylic acids is 1. The van der Waals surface area contributed by atoms with E-state index < -0.39 is 24.5 Å². The maximum Gasteiger partial charge on any atom is 0.328 e. The quantitative estimate of drug-likeness (QED) is 0.767. The monoisotopic (exact) mass is 297 g/mol. The third kappa shape index (κ3) is 3.19. The topological polar surface area (TPSA) is 86.6 Å². The molecule has 20 heavy (non-hydrogen) atoms. The normalized spacial score (nSPS) is 19.2. The van der Waals surface area contributed by atoms with Gasteiger partial charge in [0.1, 0.15) is 0 Å². The van der Waals surface area contributed by atoms with Gasteiger partial charge in [-0.2, -0.15) is 0 Å². The number of aliphatic hydroxyl groups is 1. The summed E-state index contributed by atoms with van der Waals surface area (Å²) in [5.41, 5.74) is 1.22. The van der Waals surface area contributed by atoms with E-state index in [2.05, 4.69) is 12.2 Å². The number of amides is 1. The first-order chi connectivity index (χ1) is 9.55. The van der Waals surface area contributed by atoms with Crippen LogP contribution in [0.5, 0.6) is 0 Å². The molecule has 1 aliphatic rings. The van der Waals surface area contributed by atoms with Crippen LogP contribution in [-0.4, -0.2) is 34.7 Å². The highest BCUT2D eigenvalue weighted by Crippen LogP contribution is 2.33. The second-order valence-electron chi connectivity index (χ2n) is 5.12. The predicted octanol–water partition coefficient (Wildman–Crippen LogP) is 1.44. The minimum atomic E-state index is -1.25. The van der Waals surface area contributed by atoms with Crippen LogP contribution in [-0.2, 0) is 17.6 Å². The summed E-state index contributed by atoms with van der Waals surface area (Å²) in [6, 6.07) is 0.623. The first-order valence-corrected chi connectivity index (χ1v) is 7.62. The zero-order valence-corrected chi connectivity index (χ0v) is 12.2. The number of rotatable bonds is 5. The Bertz CT molecular complexity index is 511. The number of aryl methyl sites for hydroxylation is 1. The zero-order chi connectivity index (χ0) is 14.7. The Balaban J connectivity index is 2.09. The van der Waals surface area contributed by atoms with Crippen LogP contribution in [0.1, 0.15) is 39.9 Å². The largest absolute Gasteiger partial charge is 0.480 e. The molecule has 0 bridgehead atoms. The summed E-state index contributed by atoms with van der Waals surface area (Å²) < 4.78 is 0. The summed E-state index contributed by atoms with van der Waals surface area (Å²) in [6.45, 7) is 1.57. The minimum absolute atomic E-state index is 0.418. The molecule has 5 nitrogen and oxygen atoms in total.